The summed E-state index contributed by atoms with van der Waals surface area (Å²) in [6.07, 6.45) is 18.7. The number of amides is 1. The first-order valence-electron chi connectivity index (χ1n) is 11.4. The monoisotopic (exact) mass is 490 g/mol. The zero-order chi connectivity index (χ0) is 22.5. The van der Waals surface area contributed by atoms with Crippen LogP contribution in [-0.4, -0.2) is 34.7 Å². The molecule has 32 heavy (non-hydrogen) atoms. The summed E-state index contributed by atoms with van der Waals surface area (Å²) in [7, 11) is 0. The third-order valence-corrected chi connectivity index (χ3v) is 7.82. The number of aliphatic imine (C=N–C) groups is 1. The lowest BCUT2D eigenvalue weighted by Crippen LogP contribution is -2.41. The van der Waals surface area contributed by atoms with E-state index < -0.39 is 0 Å². The number of benzene rings is 1. The number of rotatable bonds is 5. The van der Waals surface area contributed by atoms with Gasteiger partial charge < -0.3 is 4.74 Å². The van der Waals surface area contributed by atoms with Crippen molar-refractivity contribution in [3.63, 3.8) is 0 Å². The van der Waals surface area contributed by atoms with Gasteiger partial charge in [-0.1, -0.05) is 67.6 Å². The zero-order valence-corrected chi connectivity index (χ0v) is 20.4. The summed E-state index contributed by atoms with van der Waals surface area (Å²) in [6, 6.07) is 4.06. The second-order valence-corrected chi connectivity index (χ2v) is 10.4. The van der Waals surface area contributed by atoms with Crippen molar-refractivity contribution < 1.29 is 9.53 Å². The molecule has 0 bridgehead atoms. The Bertz CT molecular complexity index is 934. The van der Waals surface area contributed by atoms with E-state index in [0.29, 0.717) is 26.7 Å². The van der Waals surface area contributed by atoms with Crippen LogP contribution >= 0.6 is 35.0 Å². The van der Waals surface area contributed by atoms with Gasteiger partial charge in [0.1, 0.15) is 6.61 Å². The number of thioether (sulfide) groups is 1. The number of hydrogen-bond donors (Lipinski definition) is 0. The maximum atomic E-state index is 13.5. The molecule has 1 aliphatic heterocycles. The molecule has 3 aliphatic rings. The third-order valence-electron chi connectivity index (χ3n) is 6.26. The Hall–Kier alpha value is -1.61. The average Bonchev–Trinajstić information content (AvgIpc) is 3.09. The van der Waals surface area contributed by atoms with Gasteiger partial charge >= 0.3 is 0 Å². The summed E-state index contributed by atoms with van der Waals surface area (Å²) in [6.45, 7) is 0.0888. The first-order chi connectivity index (χ1) is 15.6. The van der Waals surface area contributed by atoms with Crippen molar-refractivity contribution in [2.45, 2.75) is 76.3 Å². The largest absolute Gasteiger partial charge is 0.478 e. The molecule has 1 heterocycles. The highest BCUT2D eigenvalue weighted by Gasteiger charge is 2.39. The average molecular weight is 491 g/mol. The molecule has 1 saturated heterocycles. The number of nitrogens with zero attached hydrogens (tertiary/aromatic N) is 2. The van der Waals surface area contributed by atoms with Gasteiger partial charge in [0.2, 0.25) is 0 Å². The summed E-state index contributed by atoms with van der Waals surface area (Å²) in [5.74, 6) is 2.81. The molecule has 0 atom stereocenters. The molecule has 2 saturated carbocycles. The molecule has 0 spiro atoms. The summed E-state index contributed by atoms with van der Waals surface area (Å²) < 4.78 is 5.44. The lowest BCUT2D eigenvalue weighted by molar-refractivity contribution is -0.124. The number of carbonyl (C=O) groups excluding carboxylic acids is 1. The van der Waals surface area contributed by atoms with Crippen molar-refractivity contribution in [1.29, 1.82) is 0 Å². The van der Waals surface area contributed by atoms with Crippen molar-refractivity contribution in [1.82, 2.24) is 4.90 Å². The molecule has 1 aromatic rings. The van der Waals surface area contributed by atoms with E-state index >= 15 is 0 Å². The Kier molecular flexibility index (Phi) is 8.10. The molecule has 1 aromatic carbocycles. The second kappa shape index (κ2) is 11.0. The van der Waals surface area contributed by atoms with Crippen LogP contribution in [0.5, 0.6) is 5.75 Å². The Balaban J connectivity index is 1.62. The zero-order valence-electron chi connectivity index (χ0n) is 18.1. The Morgan fingerprint density at radius 2 is 1.72 bits per heavy atom. The van der Waals surface area contributed by atoms with Crippen molar-refractivity contribution in [2.75, 3.05) is 6.61 Å². The fraction of sp³-hybridized carbons (Fsp3) is 0.520. The van der Waals surface area contributed by atoms with Crippen LogP contribution in [-0.2, 0) is 4.79 Å². The van der Waals surface area contributed by atoms with Gasteiger partial charge in [0, 0.05) is 6.04 Å². The number of terminal acetylenes is 1. The smallest absolute Gasteiger partial charge is 0.266 e. The van der Waals surface area contributed by atoms with E-state index in [4.69, 9.17) is 39.4 Å². The normalized spacial score (nSPS) is 23.2. The van der Waals surface area contributed by atoms with Gasteiger partial charge in [-0.2, -0.15) is 0 Å². The lowest BCUT2D eigenvalue weighted by atomic mass is 9.94. The minimum absolute atomic E-state index is 0.0383. The minimum atomic E-state index is 0.0383. The summed E-state index contributed by atoms with van der Waals surface area (Å²) in [5.41, 5.74) is 0.756. The van der Waals surface area contributed by atoms with Gasteiger partial charge in [0.05, 0.1) is 21.0 Å². The maximum absolute atomic E-state index is 13.5. The Labute approximate surface area is 204 Å². The number of amidine groups is 1. The van der Waals surface area contributed by atoms with Crippen LogP contribution in [0.2, 0.25) is 10.0 Å². The summed E-state index contributed by atoms with van der Waals surface area (Å²) in [4.78, 5) is 21.2. The lowest BCUT2D eigenvalue weighted by Gasteiger charge is -2.31. The number of halogens is 2. The van der Waals surface area contributed by atoms with E-state index in [-0.39, 0.29) is 18.6 Å². The van der Waals surface area contributed by atoms with Crippen molar-refractivity contribution in [3.8, 4) is 18.1 Å². The van der Waals surface area contributed by atoms with Gasteiger partial charge in [0.15, 0.2) is 10.9 Å². The van der Waals surface area contributed by atoms with Gasteiger partial charge in [-0.3, -0.25) is 14.7 Å². The highest BCUT2D eigenvalue weighted by Crippen LogP contribution is 2.40. The van der Waals surface area contributed by atoms with Crippen molar-refractivity contribution in [3.05, 3.63) is 32.6 Å². The van der Waals surface area contributed by atoms with Gasteiger partial charge in [-0.05, 0) is 61.2 Å². The first-order valence-corrected chi connectivity index (χ1v) is 13.0. The molecular formula is C25H28Cl2N2O2S. The van der Waals surface area contributed by atoms with Gasteiger partial charge in [-0.25, -0.2) is 0 Å². The van der Waals surface area contributed by atoms with Gasteiger partial charge in [-0.15, -0.1) is 6.42 Å². The maximum Gasteiger partial charge on any atom is 0.266 e. The summed E-state index contributed by atoms with van der Waals surface area (Å²) in [5, 5.41) is 1.61. The van der Waals surface area contributed by atoms with Crippen LogP contribution in [0.25, 0.3) is 6.08 Å². The number of carbonyl (C=O) groups is 1. The highest BCUT2D eigenvalue weighted by molar-refractivity contribution is 8.18. The topological polar surface area (TPSA) is 41.9 Å². The SMILES string of the molecule is C#CCOc1c(Cl)cc(C=C2SC(=NC3CCCCC3)N(C3CCCCC3)C2=O)cc1Cl. The molecule has 7 heteroatoms. The molecule has 0 unspecified atom stereocenters. The quantitative estimate of drug-likeness (QED) is 0.331. The first kappa shape index (κ1) is 23.5. The van der Waals surface area contributed by atoms with Crippen LogP contribution in [0.4, 0.5) is 0 Å². The third kappa shape index (κ3) is 5.47. The molecule has 0 aromatic heterocycles. The van der Waals surface area contributed by atoms with Crippen LogP contribution in [0.15, 0.2) is 22.0 Å². The Morgan fingerprint density at radius 3 is 2.34 bits per heavy atom. The summed E-state index contributed by atoms with van der Waals surface area (Å²) >= 11 is 14.2. The molecular weight excluding hydrogens is 463 g/mol. The minimum Gasteiger partial charge on any atom is -0.478 e. The van der Waals surface area contributed by atoms with Crippen LogP contribution in [0, 0.1) is 12.3 Å². The fourth-order valence-electron chi connectivity index (χ4n) is 4.67. The van der Waals surface area contributed by atoms with E-state index in [2.05, 4.69) is 5.92 Å². The van der Waals surface area contributed by atoms with Crippen LogP contribution in [0.3, 0.4) is 0 Å². The van der Waals surface area contributed by atoms with Crippen molar-refractivity contribution in [2.24, 2.45) is 4.99 Å². The van der Waals surface area contributed by atoms with E-state index in [1.165, 1.54) is 50.3 Å². The molecule has 3 fully saturated rings. The molecule has 2 aliphatic carbocycles. The number of hydrogen-bond acceptors (Lipinski definition) is 4. The van der Waals surface area contributed by atoms with E-state index in [1.807, 2.05) is 11.0 Å². The van der Waals surface area contributed by atoms with E-state index in [9.17, 15) is 4.79 Å². The van der Waals surface area contributed by atoms with Crippen LogP contribution in [0.1, 0.15) is 69.8 Å². The fourth-order valence-corrected chi connectivity index (χ4v) is 6.39. The Morgan fingerprint density at radius 1 is 1.09 bits per heavy atom. The standard InChI is InChI=1S/C25H28Cl2N2O2S/c1-2-13-31-23-20(26)14-17(15-21(23)27)16-22-24(30)29(19-11-7-4-8-12-19)25(32-22)28-18-9-5-3-6-10-18/h1,14-16,18-19H,3-13H2. The predicted octanol–water partition coefficient (Wildman–Crippen LogP) is 6.94. The van der Waals surface area contributed by atoms with Crippen LogP contribution < -0.4 is 4.74 Å². The molecule has 170 valence electrons. The van der Waals surface area contributed by atoms with Crippen molar-refractivity contribution >= 4 is 52.1 Å². The van der Waals surface area contributed by atoms with Gasteiger partial charge in [0.25, 0.3) is 5.91 Å². The van der Waals surface area contributed by atoms with E-state index in [1.54, 1.807) is 12.1 Å². The number of ether oxygens (including phenoxy) is 1. The molecule has 1 amide bonds. The second-order valence-electron chi connectivity index (χ2n) is 8.59. The molecule has 4 nitrogen and oxygen atoms in total. The molecule has 0 radical (unpaired) electrons. The van der Waals surface area contributed by atoms with E-state index in [0.717, 1.165) is 36.4 Å². The highest BCUT2D eigenvalue weighted by atomic mass is 35.5. The molecule has 4 rings (SSSR count). The predicted molar refractivity (Wildman–Crippen MR) is 134 cm³/mol. The molecule has 0 N–H and O–H groups in total.